The van der Waals surface area contributed by atoms with Crippen LogP contribution in [0.25, 0.3) is 0 Å². The Kier molecular flexibility index (Phi) is 2.44. The van der Waals surface area contributed by atoms with Crippen molar-refractivity contribution in [1.82, 2.24) is 0 Å². The summed E-state index contributed by atoms with van der Waals surface area (Å²) >= 11 is 0. The Morgan fingerprint density at radius 2 is 1.96 bits per heavy atom. The minimum Gasteiger partial charge on any atom is -0.472 e. The zero-order valence-corrected chi connectivity index (χ0v) is 15.3. The van der Waals surface area contributed by atoms with Crippen molar-refractivity contribution in [2.24, 2.45) is 10.8 Å². The van der Waals surface area contributed by atoms with E-state index in [0.717, 1.165) is 12.0 Å². The second-order valence-corrected chi connectivity index (χ2v) is 9.45. The predicted octanol–water partition coefficient (Wildman–Crippen LogP) is 2.50. The number of epoxide rings is 1. The number of carbonyl (C=O) groups excluding carboxylic acids is 1. The molecule has 0 aromatic carbocycles. The van der Waals surface area contributed by atoms with E-state index in [9.17, 15) is 9.90 Å². The molecule has 6 heteroatoms. The summed E-state index contributed by atoms with van der Waals surface area (Å²) in [5.41, 5.74) is -3.21. The number of esters is 1. The van der Waals surface area contributed by atoms with Crippen LogP contribution in [0.4, 0.5) is 0 Å². The first-order valence-corrected chi connectivity index (χ1v) is 9.53. The van der Waals surface area contributed by atoms with Crippen molar-refractivity contribution in [2.45, 2.75) is 81.6 Å². The van der Waals surface area contributed by atoms with Crippen molar-refractivity contribution in [1.29, 1.82) is 0 Å². The molecule has 140 valence electrons. The molecule has 1 aromatic rings. The molecule has 3 aliphatic heterocycles. The summed E-state index contributed by atoms with van der Waals surface area (Å²) < 4.78 is 23.6. The van der Waals surface area contributed by atoms with E-state index < -0.39 is 33.7 Å². The van der Waals surface area contributed by atoms with Gasteiger partial charge in [-0.05, 0) is 39.2 Å². The molecule has 0 bridgehead atoms. The molecule has 2 saturated carbocycles. The molecule has 26 heavy (non-hydrogen) atoms. The van der Waals surface area contributed by atoms with E-state index in [-0.39, 0.29) is 18.2 Å². The van der Waals surface area contributed by atoms with Crippen molar-refractivity contribution in [2.75, 3.05) is 0 Å². The van der Waals surface area contributed by atoms with Gasteiger partial charge >= 0.3 is 5.97 Å². The number of fused-ring (bicyclic) bond motifs is 2. The lowest BCUT2D eigenvalue weighted by Gasteiger charge is -2.61. The molecule has 0 amide bonds. The summed E-state index contributed by atoms with van der Waals surface area (Å²) in [5.74, 6) is -0.311. The third kappa shape index (κ3) is 1.26. The standard InChI is InChI=1S/C20H24O6/c1-16-5-6-17(2)19(9-12(25-17)11-4-7-23-10-11)15(21)24-14(20(16,19)22)8-13-18(16,3)26-13/h4,7,10,12-14,22H,5-6,8-9H2,1-3H3/t12-,13+,14+,16+,17-,18+,19+,20+/m0/s1. The van der Waals surface area contributed by atoms with E-state index in [1.807, 2.05) is 13.0 Å². The van der Waals surface area contributed by atoms with Crippen LogP contribution in [-0.4, -0.2) is 40.1 Å². The molecule has 4 heterocycles. The molecule has 5 aliphatic rings. The van der Waals surface area contributed by atoms with E-state index >= 15 is 0 Å². The summed E-state index contributed by atoms with van der Waals surface area (Å²) in [4.78, 5) is 13.3. The Morgan fingerprint density at radius 3 is 2.69 bits per heavy atom. The fraction of sp³-hybridized carbons (Fsp3) is 0.750. The van der Waals surface area contributed by atoms with Gasteiger partial charge in [0.1, 0.15) is 22.7 Å². The molecule has 6 rings (SSSR count). The maximum Gasteiger partial charge on any atom is 0.318 e. The Hall–Kier alpha value is -1.37. The van der Waals surface area contributed by atoms with Gasteiger partial charge in [0.25, 0.3) is 0 Å². The first-order chi connectivity index (χ1) is 12.2. The minimum absolute atomic E-state index is 0.0528. The average Bonchev–Trinajstić information content (AvgIpc) is 2.98. The van der Waals surface area contributed by atoms with Crippen LogP contribution in [-0.2, 0) is 19.0 Å². The van der Waals surface area contributed by atoms with Gasteiger partial charge in [0.2, 0.25) is 0 Å². The molecule has 1 spiro atoms. The van der Waals surface area contributed by atoms with Gasteiger partial charge in [-0.3, -0.25) is 4.79 Å². The first-order valence-electron chi connectivity index (χ1n) is 9.53. The number of rotatable bonds is 1. The quantitative estimate of drug-likeness (QED) is 0.612. The van der Waals surface area contributed by atoms with Crippen LogP contribution in [0.2, 0.25) is 0 Å². The fourth-order valence-electron chi connectivity index (χ4n) is 7.04. The second kappa shape index (κ2) is 4.05. The lowest BCUT2D eigenvalue weighted by molar-refractivity contribution is -0.260. The third-order valence-corrected chi connectivity index (χ3v) is 8.84. The highest BCUT2D eigenvalue weighted by Gasteiger charge is 2.90. The molecular weight excluding hydrogens is 336 g/mol. The van der Waals surface area contributed by atoms with E-state index in [1.165, 1.54) is 0 Å². The van der Waals surface area contributed by atoms with Gasteiger partial charge in [0.05, 0.1) is 30.3 Å². The molecule has 6 nitrogen and oxygen atoms in total. The maximum absolute atomic E-state index is 13.3. The molecule has 0 radical (unpaired) electrons. The average molecular weight is 360 g/mol. The molecular formula is C20H24O6. The fourth-order valence-corrected chi connectivity index (χ4v) is 7.04. The number of hydrogen-bond acceptors (Lipinski definition) is 6. The number of ether oxygens (including phenoxy) is 3. The van der Waals surface area contributed by atoms with Gasteiger partial charge in [0.15, 0.2) is 0 Å². The van der Waals surface area contributed by atoms with Crippen molar-refractivity contribution < 1.29 is 28.5 Å². The Morgan fingerprint density at radius 1 is 1.15 bits per heavy atom. The topological polar surface area (TPSA) is 81.4 Å². The van der Waals surface area contributed by atoms with Crippen molar-refractivity contribution in [3.8, 4) is 0 Å². The Bertz CT molecular complexity index is 820. The van der Waals surface area contributed by atoms with E-state index in [1.54, 1.807) is 12.5 Å². The second-order valence-electron chi connectivity index (χ2n) is 9.45. The highest BCUT2D eigenvalue weighted by Crippen LogP contribution is 2.78. The minimum atomic E-state index is -1.30. The van der Waals surface area contributed by atoms with E-state index in [0.29, 0.717) is 19.3 Å². The number of carbonyl (C=O) groups is 1. The van der Waals surface area contributed by atoms with Gasteiger partial charge in [-0.25, -0.2) is 0 Å². The summed E-state index contributed by atoms with van der Waals surface area (Å²) in [6.45, 7) is 6.12. The van der Waals surface area contributed by atoms with Gasteiger partial charge in [-0.2, -0.15) is 0 Å². The first kappa shape index (κ1) is 15.7. The zero-order chi connectivity index (χ0) is 18.2. The van der Waals surface area contributed by atoms with Gasteiger partial charge in [-0.1, -0.05) is 6.92 Å². The van der Waals surface area contributed by atoms with Gasteiger partial charge < -0.3 is 23.7 Å². The molecule has 1 aromatic heterocycles. The molecule has 0 unspecified atom stereocenters. The number of furan rings is 1. The van der Waals surface area contributed by atoms with Crippen LogP contribution in [0.15, 0.2) is 23.0 Å². The Labute approximate surface area is 151 Å². The molecule has 5 fully saturated rings. The van der Waals surface area contributed by atoms with Crippen molar-refractivity contribution >= 4 is 5.97 Å². The van der Waals surface area contributed by atoms with Crippen LogP contribution in [0.5, 0.6) is 0 Å². The summed E-state index contributed by atoms with van der Waals surface area (Å²) in [5, 5.41) is 12.3. The van der Waals surface area contributed by atoms with Crippen LogP contribution >= 0.6 is 0 Å². The van der Waals surface area contributed by atoms with Gasteiger partial charge in [0, 0.05) is 17.4 Å². The van der Waals surface area contributed by atoms with Crippen LogP contribution in [0, 0.1) is 10.8 Å². The van der Waals surface area contributed by atoms with Crippen molar-refractivity contribution in [3.63, 3.8) is 0 Å². The normalized spacial score (nSPS) is 59.4. The monoisotopic (exact) mass is 360 g/mol. The van der Waals surface area contributed by atoms with Crippen molar-refractivity contribution in [3.05, 3.63) is 24.2 Å². The van der Waals surface area contributed by atoms with Crippen LogP contribution < -0.4 is 0 Å². The Balaban J connectivity index is 1.57. The molecule has 1 N–H and O–H groups in total. The number of hydrogen-bond donors (Lipinski definition) is 1. The lowest BCUT2D eigenvalue weighted by atomic mass is 9.41. The largest absolute Gasteiger partial charge is 0.472 e. The van der Waals surface area contributed by atoms with E-state index in [4.69, 9.17) is 18.6 Å². The van der Waals surface area contributed by atoms with E-state index in [2.05, 4.69) is 13.8 Å². The summed E-state index contributed by atoms with van der Waals surface area (Å²) in [7, 11) is 0. The SMILES string of the molecule is C[C@@]12CC[C@]3(C)O[C@H](c4ccoc4)C[C@@]34C(=O)O[C@H](C[C@H]3O[C@]31C)[C@@]24O. The summed E-state index contributed by atoms with van der Waals surface area (Å²) in [6.07, 6.45) is 4.89. The number of aliphatic hydroxyl groups is 1. The molecule has 2 aliphatic carbocycles. The highest BCUT2D eigenvalue weighted by molar-refractivity contribution is 5.85. The van der Waals surface area contributed by atoms with Gasteiger partial charge in [-0.15, -0.1) is 0 Å². The summed E-state index contributed by atoms with van der Waals surface area (Å²) in [6, 6.07) is 1.87. The predicted molar refractivity (Wildman–Crippen MR) is 88.1 cm³/mol. The molecule has 8 atom stereocenters. The zero-order valence-electron chi connectivity index (χ0n) is 15.3. The lowest BCUT2D eigenvalue weighted by Crippen LogP contribution is -2.76. The molecule has 3 saturated heterocycles. The highest BCUT2D eigenvalue weighted by atomic mass is 16.6. The third-order valence-electron chi connectivity index (χ3n) is 8.84. The van der Waals surface area contributed by atoms with Crippen LogP contribution in [0.3, 0.4) is 0 Å². The maximum atomic E-state index is 13.3. The smallest absolute Gasteiger partial charge is 0.318 e. The van der Waals surface area contributed by atoms with Crippen LogP contribution in [0.1, 0.15) is 58.1 Å².